The topological polar surface area (TPSA) is 98.7 Å². The predicted molar refractivity (Wildman–Crippen MR) is 85.6 cm³/mol. The van der Waals surface area contributed by atoms with E-state index in [-0.39, 0.29) is 17.0 Å². The van der Waals surface area contributed by atoms with Crippen LogP contribution in [0.3, 0.4) is 0 Å². The van der Waals surface area contributed by atoms with Crippen LogP contribution in [0.4, 0.5) is 10.5 Å². The minimum atomic E-state index is -3.48. The normalized spacial score (nSPS) is 20.0. The molecule has 1 heterocycles. The van der Waals surface area contributed by atoms with Gasteiger partial charge in [-0.15, -0.1) is 0 Å². The van der Waals surface area contributed by atoms with Gasteiger partial charge in [0.15, 0.2) is 0 Å². The number of hydrogen-bond acceptors (Lipinski definition) is 4. The largest absolute Gasteiger partial charge is 0.386 e. The lowest BCUT2D eigenvalue weighted by Gasteiger charge is -2.45. The van der Waals surface area contributed by atoms with E-state index < -0.39 is 15.6 Å². The number of nitrogens with one attached hydrogen (secondary N) is 2. The lowest BCUT2D eigenvalue weighted by molar-refractivity contribution is -0.0755. The second-order valence-corrected chi connectivity index (χ2v) is 8.00. The first-order chi connectivity index (χ1) is 10.8. The van der Waals surface area contributed by atoms with Gasteiger partial charge in [-0.2, -0.15) is 0 Å². The van der Waals surface area contributed by atoms with E-state index in [0.717, 1.165) is 12.8 Å². The van der Waals surface area contributed by atoms with E-state index in [9.17, 15) is 18.3 Å². The van der Waals surface area contributed by atoms with Crippen LogP contribution in [0.15, 0.2) is 29.2 Å². The number of aliphatic hydroxyl groups is 1. The summed E-state index contributed by atoms with van der Waals surface area (Å²) in [6.07, 6.45) is 2.37. The predicted octanol–water partition coefficient (Wildman–Crippen LogP) is 1.12. The molecule has 1 saturated heterocycles. The molecule has 2 aliphatic rings. The number of rotatable bonds is 5. The monoisotopic (exact) mass is 339 g/mol. The molecule has 126 valence electrons. The van der Waals surface area contributed by atoms with Gasteiger partial charge in [0.25, 0.3) is 0 Å². The van der Waals surface area contributed by atoms with E-state index in [1.807, 2.05) is 6.92 Å². The highest BCUT2D eigenvalue weighted by Crippen LogP contribution is 2.25. The van der Waals surface area contributed by atoms with E-state index in [1.54, 1.807) is 12.1 Å². The Labute approximate surface area is 135 Å². The van der Waals surface area contributed by atoms with Crippen molar-refractivity contribution in [1.82, 2.24) is 9.62 Å². The summed E-state index contributed by atoms with van der Waals surface area (Å²) >= 11 is 0. The van der Waals surface area contributed by atoms with Crippen LogP contribution in [0.25, 0.3) is 0 Å². The third-order valence-electron chi connectivity index (χ3n) is 4.23. The van der Waals surface area contributed by atoms with Crippen LogP contribution in [-0.4, -0.2) is 49.2 Å². The summed E-state index contributed by atoms with van der Waals surface area (Å²) in [5, 5.41) is 12.6. The van der Waals surface area contributed by atoms with Gasteiger partial charge in [-0.3, -0.25) is 0 Å². The van der Waals surface area contributed by atoms with E-state index in [4.69, 9.17) is 0 Å². The Balaban J connectivity index is 1.58. The Bertz CT molecular complexity index is 692. The first-order valence-corrected chi connectivity index (χ1v) is 9.20. The van der Waals surface area contributed by atoms with Crippen molar-refractivity contribution >= 4 is 21.7 Å². The summed E-state index contributed by atoms with van der Waals surface area (Å²) in [5.74, 6) is 0. The zero-order valence-electron chi connectivity index (χ0n) is 12.9. The molecule has 2 fully saturated rings. The maximum atomic E-state index is 12.0. The molecule has 1 aliphatic heterocycles. The molecule has 23 heavy (non-hydrogen) atoms. The van der Waals surface area contributed by atoms with Crippen molar-refractivity contribution in [2.45, 2.75) is 42.7 Å². The minimum Gasteiger partial charge on any atom is -0.386 e. The summed E-state index contributed by atoms with van der Waals surface area (Å²) in [6.45, 7) is 2.50. The lowest BCUT2D eigenvalue weighted by Crippen LogP contribution is -2.63. The molecule has 0 bridgehead atoms. The molecule has 2 amide bonds. The van der Waals surface area contributed by atoms with Gasteiger partial charge >= 0.3 is 6.03 Å². The number of nitrogens with zero attached hydrogens (tertiary/aromatic N) is 1. The van der Waals surface area contributed by atoms with Crippen LogP contribution < -0.4 is 10.0 Å². The number of anilines is 1. The van der Waals surface area contributed by atoms with Crippen LogP contribution in [0.5, 0.6) is 0 Å². The minimum absolute atomic E-state index is 0.0584. The second kappa shape index (κ2) is 5.77. The molecule has 0 spiro atoms. The van der Waals surface area contributed by atoms with Crippen molar-refractivity contribution in [3.63, 3.8) is 0 Å². The third kappa shape index (κ3) is 3.65. The number of amides is 2. The Kier molecular flexibility index (Phi) is 4.07. The number of carbonyl (C=O) groups is 1. The molecule has 0 unspecified atom stereocenters. The number of urea groups is 1. The van der Waals surface area contributed by atoms with Crippen molar-refractivity contribution in [2.75, 3.05) is 18.4 Å². The van der Waals surface area contributed by atoms with Gasteiger partial charge in [-0.05, 0) is 43.5 Å². The Morgan fingerprint density at radius 2 is 1.91 bits per heavy atom. The number of carbonyl (C=O) groups excluding carboxylic acids is 1. The lowest BCUT2D eigenvalue weighted by atomic mass is 9.92. The maximum absolute atomic E-state index is 12.0. The first-order valence-electron chi connectivity index (χ1n) is 7.72. The number of likely N-dealkylation sites (tertiary alicyclic amines) is 1. The number of β-amino-alcohol motifs (C(OH)–C–C–N with tert-alkyl or cyclic N) is 1. The fourth-order valence-electron chi connectivity index (χ4n) is 2.44. The van der Waals surface area contributed by atoms with Crippen LogP contribution in [-0.2, 0) is 10.0 Å². The first kappa shape index (κ1) is 16.2. The quantitative estimate of drug-likeness (QED) is 0.748. The zero-order chi connectivity index (χ0) is 16.7. The highest BCUT2D eigenvalue weighted by molar-refractivity contribution is 7.89. The molecule has 0 aromatic heterocycles. The number of hydrogen-bond donors (Lipinski definition) is 3. The van der Waals surface area contributed by atoms with Gasteiger partial charge < -0.3 is 15.3 Å². The molecule has 1 aliphatic carbocycles. The fourth-order valence-corrected chi connectivity index (χ4v) is 3.75. The maximum Gasteiger partial charge on any atom is 0.322 e. The molecule has 7 nitrogen and oxygen atoms in total. The Morgan fingerprint density at radius 1 is 1.30 bits per heavy atom. The molecule has 3 rings (SSSR count). The molecule has 1 saturated carbocycles. The zero-order valence-corrected chi connectivity index (χ0v) is 13.8. The second-order valence-electron chi connectivity index (χ2n) is 6.28. The van der Waals surface area contributed by atoms with Gasteiger partial charge in [0.2, 0.25) is 10.0 Å². The van der Waals surface area contributed by atoms with Crippen LogP contribution in [0.1, 0.15) is 26.2 Å². The Hall–Kier alpha value is -1.64. The van der Waals surface area contributed by atoms with E-state index in [2.05, 4.69) is 10.0 Å². The molecular weight excluding hydrogens is 318 g/mol. The van der Waals surface area contributed by atoms with Crippen molar-refractivity contribution in [3.05, 3.63) is 24.3 Å². The van der Waals surface area contributed by atoms with E-state index in [1.165, 1.54) is 17.0 Å². The third-order valence-corrected chi connectivity index (χ3v) is 5.77. The molecule has 1 aromatic carbocycles. The molecule has 8 heteroatoms. The number of benzene rings is 1. The summed E-state index contributed by atoms with van der Waals surface area (Å²) < 4.78 is 26.7. The van der Waals surface area contributed by atoms with E-state index >= 15 is 0 Å². The highest BCUT2D eigenvalue weighted by Gasteiger charge is 2.42. The average molecular weight is 339 g/mol. The van der Waals surface area contributed by atoms with Crippen molar-refractivity contribution in [3.8, 4) is 0 Å². The Morgan fingerprint density at radius 3 is 2.43 bits per heavy atom. The molecule has 0 radical (unpaired) electrons. The number of sulfonamides is 1. The highest BCUT2D eigenvalue weighted by atomic mass is 32.2. The molecule has 1 aromatic rings. The van der Waals surface area contributed by atoms with Crippen molar-refractivity contribution in [1.29, 1.82) is 0 Å². The van der Waals surface area contributed by atoms with Crippen molar-refractivity contribution < 1.29 is 18.3 Å². The standard InChI is InChI=1S/C15H21N3O4S/c1-2-15(20)9-18(10-15)14(19)16-11-5-7-13(8-6-11)23(21,22)17-12-3-4-12/h5-8,12,17,20H,2-4,9-10H2,1H3,(H,16,19). The van der Waals surface area contributed by atoms with E-state index in [0.29, 0.717) is 25.2 Å². The summed E-state index contributed by atoms with van der Waals surface area (Å²) in [5.41, 5.74) is -0.253. The van der Waals surface area contributed by atoms with Gasteiger partial charge in [0.05, 0.1) is 23.6 Å². The van der Waals surface area contributed by atoms with Gasteiger partial charge in [-0.1, -0.05) is 6.92 Å². The van der Waals surface area contributed by atoms with Crippen LogP contribution in [0.2, 0.25) is 0 Å². The molecule has 3 N–H and O–H groups in total. The molecule has 0 atom stereocenters. The van der Waals surface area contributed by atoms with Gasteiger partial charge in [-0.25, -0.2) is 17.9 Å². The smallest absolute Gasteiger partial charge is 0.322 e. The fraction of sp³-hybridized carbons (Fsp3) is 0.533. The van der Waals surface area contributed by atoms with Crippen molar-refractivity contribution in [2.24, 2.45) is 0 Å². The summed E-state index contributed by atoms with van der Waals surface area (Å²) in [7, 11) is -3.48. The summed E-state index contributed by atoms with van der Waals surface area (Å²) in [4.78, 5) is 13.7. The van der Waals surface area contributed by atoms with Crippen LogP contribution in [0, 0.1) is 0 Å². The average Bonchev–Trinajstić information content (AvgIpc) is 3.27. The van der Waals surface area contributed by atoms with Crippen LogP contribution >= 0.6 is 0 Å². The van der Waals surface area contributed by atoms with Gasteiger partial charge in [0, 0.05) is 11.7 Å². The SMILES string of the molecule is CCC1(O)CN(C(=O)Nc2ccc(S(=O)(=O)NC3CC3)cc2)C1. The summed E-state index contributed by atoms with van der Waals surface area (Å²) in [6, 6.07) is 5.83. The molecular formula is C15H21N3O4S. The van der Waals surface area contributed by atoms with Gasteiger partial charge in [0.1, 0.15) is 0 Å².